The van der Waals surface area contributed by atoms with E-state index >= 15 is 0 Å². The lowest BCUT2D eigenvalue weighted by atomic mass is 9.93. The first-order chi connectivity index (χ1) is 11.6. The van der Waals surface area contributed by atoms with Crippen LogP contribution in [0, 0.1) is 0 Å². The van der Waals surface area contributed by atoms with Gasteiger partial charge in [0.15, 0.2) is 0 Å². The zero-order valence-corrected chi connectivity index (χ0v) is 14.0. The first-order valence-electron chi connectivity index (χ1n) is 8.06. The number of aliphatic hydroxyl groups is 1. The fourth-order valence-electron chi connectivity index (χ4n) is 2.87. The van der Waals surface area contributed by atoms with Crippen molar-refractivity contribution in [3.8, 4) is 0 Å². The molecule has 1 aromatic heterocycles. The summed E-state index contributed by atoms with van der Waals surface area (Å²) >= 11 is 1.36. The maximum atomic E-state index is 12.6. The second-order valence-corrected chi connectivity index (χ2v) is 6.90. The van der Waals surface area contributed by atoms with Gasteiger partial charge in [0, 0.05) is 6.04 Å². The van der Waals surface area contributed by atoms with Crippen LogP contribution in [0.15, 0.2) is 41.8 Å². The molecule has 3 rings (SSSR count). The summed E-state index contributed by atoms with van der Waals surface area (Å²) in [5.41, 5.74) is 0.956. The molecule has 126 valence electrons. The Morgan fingerprint density at radius 1 is 1.00 bits per heavy atom. The molecule has 0 unspecified atom stereocenters. The van der Waals surface area contributed by atoms with Crippen LogP contribution in [-0.4, -0.2) is 29.1 Å². The number of carbonyl (C=O) groups is 2. The summed E-state index contributed by atoms with van der Waals surface area (Å²) < 4.78 is 0. The van der Waals surface area contributed by atoms with Gasteiger partial charge < -0.3 is 15.7 Å². The minimum absolute atomic E-state index is 0.0713. The lowest BCUT2D eigenvalue weighted by Gasteiger charge is -2.26. The Kier molecular flexibility index (Phi) is 5.27. The van der Waals surface area contributed by atoms with E-state index in [1.54, 1.807) is 30.3 Å². The van der Waals surface area contributed by atoms with Crippen LogP contribution in [0.3, 0.4) is 0 Å². The minimum Gasteiger partial charge on any atom is -0.393 e. The van der Waals surface area contributed by atoms with Crippen LogP contribution in [0.1, 0.15) is 45.7 Å². The average Bonchev–Trinajstić information content (AvgIpc) is 3.12. The van der Waals surface area contributed by atoms with Crippen LogP contribution >= 0.6 is 11.3 Å². The van der Waals surface area contributed by atoms with Crippen LogP contribution in [0.5, 0.6) is 0 Å². The number of hydrogen-bond donors (Lipinski definition) is 3. The van der Waals surface area contributed by atoms with E-state index in [0.29, 0.717) is 29.0 Å². The second-order valence-electron chi connectivity index (χ2n) is 5.96. The number of thiophene rings is 1. The normalized spacial score (nSPS) is 20.4. The smallest absolute Gasteiger partial charge is 0.265 e. The van der Waals surface area contributed by atoms with E-state index < -0.39 is 0 Å². The van der Waals surface area contributed by atoms with Crippen molar-refractivity contribution in [2.45, 2.75) is 37.8 Å². The topological polar surface area (TPSA) is 78.4 Å². The molecule has 1 aliphatic rings. The van der Waals surface area contributed by atoms with Gasteiger partial charge in [-0.05, 0) is 49.3 Å². The molecule has 0 radical (unpaired) electrons. The molecule has 1 aliphatic carbocycles. The van der Waals surface area contributed by atoms with Gasteiger partial charge in [0.2, 0.25) is 0 Å². The number of aliphatic hydroxyl groups excluding tert-OH is 1. The fraction of sp³-hybridized carbons (Fsp3) is 0.333. The zero-order valence-electron chi connectivity index (χ0n) is 13.2. The summed E-state index contributed by atoms with van der Waals surface area (Å²) in [7, 11) is 0. The zero-order chi connectivity index (χ0) is 16.9. The maximum Gasteiger partial charge on any atom is 0.265 e. The first-order valence-corrected chi connectivity index (χ1v) is 8.94. The fourth-order valence-corrected chi connectivity index (χ4v) is 3.48. The van der Waals surface area contributed by atoms with Crippen molar-refractivity contribution >= 4 is 28.8 Å². The van der Waals surface area contributed by atoms with Gasteiger partial charge in [0.1, 0.15) is 0 Å². The number of anilines is 1. The standard InChI is InChI=1S/C18H20N2O3S/c21-13-9-7-12(8-10-13)19-17(22)14-4-1-2-5-15(14)20-18(23)16-6-3-11-24-16/h1-6,11-13,21H,7-10H2,(H,19,22)(H,20,23). The summed E-state index contributed by atoms with van der Waals surface area (Å²) in [4.78, 5) is 25.4. The highest BCUT2D eigenvalue weighted by atomic mass is 32.1. The van der Waals surface area contributed by atoms with Crippen molar-refractivity contribution in [3.05, 3.63) is 52.2 Å². The number of para-hydroxylation sites is 1. The highest BCUT2D eigenvalue weighted by Crippen LogP contribution is 2.21. The number of amides is 2. The number of carbonyl (C=O) groups excluding carboxylic acids is 2. The predicted molar refractivity (Wildman–Crippen MR) is 94.4 cm³/mol. The van der Waals surface area contributed by atoms with Gasteiger partial charge in [-0.15, -0.1) is 11.3 Å². The molecule has 24 heavy (non-hydrogen) atoms. The lowest BCUT2D eigenvalue weighted by Crippen LogP contribution is -2.38. The van der Waals surface area contributed by atoms with Crippen molar-refractivity contribution < 1.29 is 14.7 Å². The molecule has 5 nitrogen and oxygen atoms in total. The Morgan fingerprint density at radius 2 is 1.75 bits per heavy atom. The number of benzene rings is 1. The van der Waals surface area contributed by atoms with Gasteiger partial charge in [0.05, 0.1) is 22.2 Å². The van der Waals surface area contributed by atoms with Crippen LogP contribution in [-0.2, 0) is 0 Å². The largest absolute Gasteiger partial charge is 0.393 e. The summed E-state index contributed by atoms with van der Waals surface area (Å²) in [5, 5.41) is 17.2. The average molecular weight is 344 g/mol. The van der Waals surface area contributed by atoms with Gasteiger partial charge in [-0.25, -0.2) is 0 Å². The number of rotatable bonds is 4. The molecule has 1 aromatic carbocycles. The molecule has 3 N–H and O–H groups in total. The Labute approximate surface area is 144 Å². The maximum absolute atomic E-state index is 12.6. The number of nitrogens with one attached hydrogen (secondary N) is 2. The highest BCUT2D eigenvalue weighted by Gasteiger charge is 2.22. The Morgan fingerprint density at radius 3 is 2.46 bits per heavy atom. The molecule has 0 spiro atoms. The van der Waals surface area contributed by atoms with Crippen molar-refractivity contribution in [2.24, 2.45) is 0 Å². The van der Waals surface area contributed by atoms with Gasteiger partial charge in [-0.2, -0.15) is 0 Å². The van der Waals surface area contributed by atoms with Crippen molar-refractivity contribution in [1.29, 1.82) is 0 Å². The molecule has 2 aromatic rings. The van der Waals surface area contributed by atoms with Gasteiger partial charge in [-0.1, -0.05) is 18.2 Å². The van der Waals surface area contributed by atoms with Crippen molar-refractivity contribution in [1.82, 2.24) is 5.32 Å². The third-order valence-corrected chi connectivity index (χ3v) is 5.07. The summed E-state index contributed by atoms with van der Waals surface area (Å²) in [5.74, 6) is -0.412. The van der Waals surface area contributed by atoms with Crippen molar-refractivity contribution in [2.75, 3.05) is 5.32 Å². The molecule has 1 heterocycles. The van der Waals surface area contributed by atoms with E-state index in [1.807, 2.05) is 11.4 Å². The third kappa shape index (κ3) is 4.01. The van der Waals surface area contributed by atoms with E-state index in [9.17, 15) is 14.7 Å². The molecule has 2 amide bonds. The summed E-state index contributed by atoms with van der Waals surface area (Å²) in [6.45, 7) is 0. The molecular formula is C18H20N2O3S. The summed E-state index contributed by atoms with van der Waals surface area (Å²) in [6, 6.07) is 10.6. The summed E-state index contributed by atoms with van der Waals surface area (Å²) in [6.07, 6.45) is 2.71. The van der Waals surface area contributed by atoms with Crippen LogP contribution in [0.4, 0.5) is 5.69 Å². The molecule has 1 saturated carbocycles. The van der Waals surface area contributed by atoms with Crippen LogP contribution in [0.25, 0.3) is 0 Å². The van der Waals surface area contributed by atoms with Crippen LogP contribution < -0.4 is 10.6 Å². The third-order valence-electron chi connectivity index (χ3n) is 4.20. The van der Waals surface area contributed by atoms with Crippen molar-refractivity contribution in [3.63, 3.8) is 0 Å². The molecule has 0 bridgehead atoms. The molecule has 6 heteroatoms. The first kappa shape index (κ1) is 16.7. The van der Waals surface area contributed by atoms with Gasteiger partial charge in [-0.3, -0.25) is 9.59 Å². The molecular weight excluding hydrogens is 324 g/mol. The van der Waals surface area contributed by atoms with E-state index in [1.165, 1.54) is 11.3 Å². The Bertz CT molecular complexity index is 707. The molecule has 0 aliphatic heterocycles. The van der Waals surface area contributed by atoms with E-state index in [-0.39, 0.29) is 24.0 Å². The minimum atomic E-state index is -0.254. The monoisotopic (exact) mass is 344 g/mol. The van der Waals surface area contributed by atoms with Gasteiger partial charge >= 0.3 is 0 Å². The SMILES string of the molecule is O=C(Nc1ccccc1C(=O)NC1CCC(O)CC1)c1cccs1. The number of hydrogen-bond acceptors (Lipinski definition) is 4. The Hall–Kier alpha value is -2.18. The molecule has 0 atom stereocenters. The second kappa shape index (κ2) is 7.59. The van der Waals surface area contributed by atoms with Crippen LogP contribution in [0.2, 0.25) is 0 Å². The highest BCUT2D eigenvalue weighted by molar-refractivity contribution is 7.12. The van der Waals surface area contributed by atoms with Gasteiger partial charge in [0.25, 0.3) is 11.8 Å². The lowest BCUT2D eigenvalue weighted by molar-refractivity contribution is 0.0868. The predicted octanol–water partition coefficient (Wildman–Crippen LogP) is 3.03. The van der Waals surface area contributed by atoms with E-state index in [0.717, 1.165) is 12.8 Å². The van der Waals surface area contributed by atoms with E-state index in [2.05, 4.69) is 10.6 Å². The quantitative estimate of drug-likeness (QED) is 0.798. The molecule has 1 fully saturated rings. The Balaban J connectivity index is 1.69. The van der Waals surface area contributed by atoms with E-state index in [4.69, 9.17) is 0 Å². The molecule has 0 saturated heterocycles.